The number of benzene rings is 1. The van der Waals surface area contributed by atoms with E-state index >= 15 is 0 Å². The standard InChI is InChI=1S/C15H24N2O/c1-4-18-14-5-6-15(12(2)11-14)16-13-7-9-17(3)10-8-13/h5-6,11,13,16H,4,7-10H2,1-3H3. The van der Waals surface area contributed by atoms with Crippen molar-refractivity contribution >= 4 is 5.69 Å². The molecule has 0 aliphatic carbocycles. The van der Waals surface area contributed by atoms with Crippen LogP contribution in [0.25, 0.3) is 0 Å². The van der Waals surface area contributed by atoms with Gasteiger partial charge in [0.1, 0.15) is 5.75 Å². The SMILES string of the molecule is CCOc1ccc(NC2CCN(C)CC2)c(C)c1. The van der Waals surface area contributed by atoms with Crippen LogP contribution in [-0.4, -0.2) is 37.7 Å². The minimum absolute atomic E-state index is 0.609. The Bertz CT molecular complexity index is 384. The number of rotatable bonds is 4. The van der Waals surface area contributed by atoms with Gasteiger partial charge in [-0.05, 0) is 70.6 Å². The van der Waals surface area contributed by atoms with Crippen LogP contribution in [0.5, 0.6) is 5.75 Å². The molecular formula is C15H24N2O. The van der Waals surface area contributed by atoms with Crippen LogP contribution in [0.3, 0.4) is 0 Å². The molecule has 1 N–H and O–H groups in total. The number of piperidine rings is 1. The van der Waals surface area contributed by atoms with Gasteiger partial charge >= 0.3 is 0 Å². The molecule has 0 aromatic heterocycles. The highest BCUT2D eigenvalue weighted by Crippen LogP contribution is 2.23. The van der Waals surface area contributed by atoms with Gasteiger partial charge in [0.25, 0.3) is 0 Å². The lowest BCUT2D eigenvalue weighted by Gasteiger charge is -2.30. The molecule has 3 heteroatoms. The van der Waals surface area contributed by atoms with Crippen LogP contribution >= 0.6 is 0 Å². The first-order valence-corrected chi connectivity index (χ1v) is 6.87. The van der Waals surface area contributed by atoms with Gasteiger partial charge < -0.3 is 15.0 Å². The fraction of sp³-hybridized carbons (Fsp3) is 0.600. The monoisotopic (exact) mass is 248 g/mol. The van der Waals surface area contributed by atoms with Crippen molar-refractivity contribution in [2.75, 3.05) is 32.1 Å². The number of anilines is 1. The molecule has 3 nitrogen and oxygen atoms in total. The van der Waals surface area contributed by atoms with Gasteiger partial charge in [0.05, 0.1) is 6.61 Å². The topological polar surface area (TPSA) is 24.5 Å². The highest BCUT2D eigenvalue weighted by Gasteiger charge is 2.16. The van der Waals surface area contributed by atoms with Crippen molar-refractivity contribution in [3.8, 4) is 5.75 Å². The van der Waals surface area contributed by atoms with Gasteiger partial charge in [-0.1, -0.05) is 0 Å². The molecule has 0 amide bonds. The summed E-state index contributed by atoms with van der Waals surface area (Å²) in [6.07, 6.45) is 2.45. The zero-order valence-corrected chi connectivity index (χ0v) is 11.7. The summed E-state index contributed by atoms with van der Waals surface area (Å²) in [6, 6.07) is 6.91. The molecule has 1 aromatic rings. The number of hydrogen-bond donors (Lipinski definition) is 1. The molecule has 1 fully saturated rings. The quantitative estimate of drug-likeness (QED) is 0.886. The van der Waals surface area contributed by atoms with E-state index in [0.29, 0.717) is 6.04 Å². The second-order valence-electron chi connectivity index (χ2n) is 5.13. The van der Waals surface area contributed by atoms with Gasteiger partial charge in [-0.2, -0.15) is 0 Å². The first-order chi connectivity index (χ1) is 8.69. The van der Waals surface area contributed by atoms with Crippen molar-refractivity contribution in [3.05, 3.63) is 23.8 Å². The maximum absolute atomic E-state index is 5.51. The molecule has 2 rings (SSSR count). The second kappa shape index (κ2) is 6.10. The Hall–Kier alpha value is -1.22. The lowest BCUT2D eigenvalue weighted by Crippen LogP contribution is -2.36. The van der Waals surface area contributed by atoms with E-state index in [9.17, 15) is 0 Å². The van der Waals surface area contributed by atoms with E-state index in [4.69, 9.17) is 4.74 Å². The Morgan fingerprint density at radius 2 is 2.06 bits per heavy atom. The summed E-state index contributed by atoms with van der Waals surface area (Å²) in [7, 11) is 2.19. The fourth-order valence-electron chi connectivity index (χ4n) is 2.43. The van der Waals surface area contributed by atoms with Gasteiger partial charge in [0.15, 0.2) is 0 Å². The van der Waals surface area contributed by atoms with Crippen LogP contribution < -0.4 is 10.1 Å². The highest BCUT2D eigenvalue weighted by atomic mass is 16.5. The number of nitrogens with zero attached hydrogens (tertiary/aromatic N) is 1. The van der Waals surface area contributed by atoms with E-state index in [1.807, 2.05) is 13.0 Å². The number of aryl methyl sites for hydroxylation is 1. The number of nitrogens with one attached hydrogen (secondary N) is 1. The average Bonchev–Trinajstić information content (AvgIpc) is 2.36. The maximum Gasteiger partial charge on any atom is 0.119 e. The molecule has 100 valence electrons. The number of hydrogen-bond acceptors (Lipinski definition) is 3. The molecule has 0 atom stereocenters. The lowest BCUT2D eigenvalue weighted by molar-refractivity contribution is 0.264. The van der Waals surface area contributed by atoms with Gasteiger partial charge in [-0.25, -0.2) is 0 Å². The van der Waals surface area contributed by atoms with Crippen molar-refractivity contribution in [3.63, 3.8) is 0 Å². The van der Waals surface area contributed by atoms with Crippen LogP contribution in [0.4, 0.5) is 5.69 Å². The second-order valence-corrected chi connectivity index (χ2v) is 5.13. The van der Waals surface area contributed by atoms with Gasteiger partial charge in [0.2, 0.25) is 0 Å². The molecule has 18 heavy (non-hydrogen) atoms. The summed E-state index contributed by atoms with van der Waals surface area (Å²) in [5.74, 6) is 0.962. The van der Waals surface area contributed by atoms with Crippen LogP contribution in [-0.2, 0) is 0 Å². The molecule has 0 saturated carbocycles. The normalized spacial score (nSPS) is 17.7. The van der Waals surface area contributed by atoms with Crippen LogP contribution in [0.15, 0.2) is 18.2 Å². The van der Waals surface area contributed by atoms with Crippen molar-refractivity contribution in [1.29, 1.82) is 0 Å². The first kappa shape index (κ1) is 13.2. The molecule has 0 unspecified atom stereocenters. The predicted octanol–water partition coefficient (Wildman–Crippen LogP) is 2.90. The van der Waals surface area contributed by atoms with Gasteiger partial charge in [0, 0.05) is 11.7 Å². The molecule has 1 aliphatic rings. The third-order valence-electron chi connectivity index (χ3n) is 3.59. The maximum atomic E-state index is 5.51. The molecule has 0 radical (unpaired) electrons. The van der Waals surface area contributed by atoms with Crippen LogP contribution in [0.1, 0.15) is 25.3 Å². The van der Waals surface area contributed by atoms with Crippen molar-refractivity contribution < 1.29 is 4.74 Å². The molecule has 1 saturated heterocycles. The van der Waals surface area contributed by atoms with E-state index in [0.717, 1.165) is 12.4 Å². The Labute approximate surface area is 110 Å². The molecule has 0 spiro atoms. The molecule has 0 bridgehead atoms. The Morgan fingerprint density at radius 1 is 1.33 bits per heavy atom. The largest absolute Gasteiger partial charge is 0.494 e. The van der Waals surface area contributed by atoms with E-state index < -0.39 is 0 Å². The summed E-state index contributed by atoms with van der Waals surface area (Å²) < 4.78 is 5.51. The van der Waals surface area contributed by atoms with E-state index in [-0.39, 0.29) is 0 Å². The number of ether oxygens (including phenoxy) is 1. The van der Waals surface area contributed by atoms with Crippen LogP contribution in [0, 0.1) is 6.92 Å². The minimum atomic E-state index is 0.609. The third kappa shape index (κ3) is 3.39. The summed E-state index contributed by atoms with van der Waals surface area (Å²) >= 11 is 0. The van der Waals surface area contributed by atoms with E-state index in [2.05, 4.69) is 36.3 Å². The Kier molecular flexibility index (Phi) is 4.48. The third-order valence-corrected chi connectivity index (χ3v) is 3.59. The van der Waals surface area contributed by atoms with E-state index in [1.165, 1.54) is 37.2 Å². The first-order valence-electron chi connectivity index (χ1n) is 6.87. The average molecular weight is 248 g/mol. The van der Waals surface area contributed by atoms with Gasteiger partial charge in [-0.3, -0.25) is 0 Å². The fourth-order valence-corrected chi connectivity index (χ4v) is 2.43. The van der Waals surface area contributed by atoms with E-state index in [1.54, 1.807) is 0 Å². The Balaban J connectivity index is 1.96. The molecule has 1 aromatic carbocycles. The van der Waals surface area contributed by atoms with Crippen molar-refractivity contribution in [2.24, 2.45) is 0 Å². The molecule has 1 heterocycles. The summed E-state index contributed by atoms with van der Waals surface area (Å²) in [6.45, 7) is 7.25. The highest BCUT2D eigenvalue weighted by molar-refractivity contribution is 5.54. The van der Waals surface area contributed by atoms with Crippen LogP contribution in [0.2, 0.25) is 0 Å². The minimum Gasteiger partial charge on any atom is -0.494 e. The summed E-state index contributed by atoms with van der Waals surface area (Å²) in [5, 5.41) is 3.66. The predicted molar refractivity (Wildman–Crippen MR) is 76.5 cm³/mol. The Morgan fingerprint density at radius 3 is 2.67 bits per heavy atom. The zero-order chi connectivity index (χ0) is 13.0. The molecule has 1 aliphatic heterocycles. The van der Waals surface area contributed by atoms with Gasteiger partial charge in [-0.15, -0.1) is 0 Å². The lowest BCUT2D eigenvalue weighted by atomic mass is 10.0. The van der Waals surface area contributed by atoms with Crippen molar-refractivity contribution in [2.45, 2.75) is 32.7 Å². The smallest absolute Gasteiger partial charge is 0.119 e. The zero-order valence-electron chi connectivity index (χ0n) is 11.7. The summed E-state index contributed by atoms with van der Waals surface area (Å²) in [4.78, 5) is 2.39. The number of likely N-dealkylation sites (tertiary alicyclic amines) is 1. The molecular weight excluding hydrogens is 224 g/mol. The summed E-state index contributed by atoms with van der Waals surface area (Å²) in [5.41, 5.74) is 2.51. The van der Waals surface area contributed by atoms with Crippen molar-refractivity contribution in [1.82, 2.24) is 4.90 Å².